The molecule has 10 heteroatoms. The van der Waals surface area contributed by atoms with Crippen LogP contribution in [0.3, 0.4) is 0 Å². The van der Waals surface area contributed by atoms with E-state index in [9.17, 15) is 26.0 Å². The van der Waals surface area contributed by atoms with E-state index in [0.717, 1.165) is 17.0 Å². The number of aromatic nitrogens is 2. The second kappa shape index (κ2) is 6.69. The normalized spacial score (nSPS) is 12.6. The molecule has 0 radical (unpaired) electrons. The molecule has 1 heterocycles. The van der Waals surface area contributed by atoms with Crippen LogP contribution in [0.25, 0.3) is 27.4 Å². The van der Waals surface area contributed by atoms with Crippen molar-refractivity contribution < 1.29 is 30.7 Å². The maximum absolute atomic E-state index is 14.7. The van der Waals surface area contributed by atoms with Crippen LogP contribution in [-0.4, -0.2) is 31.6 Å². The highest BCUT2D eigenvalue weighted by molar-refractivity contribution is 7.90. The fourth-order valence-corrected chi connectivity index (χ4v) is 3.98. The first-order chi connectivity index (χ1) is 14.0. The van der Waals surface area contributed by atoms with Crippen LogP contribution in [0.1, 0.15) is 5.69 Å². The third-order valence-electron chi connectivity index (χ3n) is 4.74. The highest BCUT2D eigenvalue weighted by atomic mass is 32.2. The number of nitrogens with zero attached hydrogens (tertiary/aromatic N) is 2. The van der Waals surface area contributed by atoms with Crippen molar-refractivity contribution >= 4 is 31.5 Å². The number of rotatable bonds is 3. The Bertz CT molecular complexity index is 1390. The van der Waals surface area contributed by atoms with Gasteiger partial charge in [0.05, 0.1) is 23.2 Å². The lowest BCUT2D eigenvalue weighted by molar-refractivity contribution is -0.140. The van der Waals surface area contributed by atoms with E-state index in [1.807, 2.05) is 0 Å². The molecular weight excluding hydrogens is 424 g/mol. The van der Waals surface area contributed by atoms with Gasteiger partial charge in [-0.1, -0.05) is 6.07 Å². The Hall–Kier alpha value is -3.14. The van der Waals surface area contributed by atoms with Crippen molar-refractivity contribution in [1.29, 1.82) is 0 Å². The van der Waals surface area contributed by atoms with Gasteiger partial charge in [0.25, 0.3) is 0 Å². The number of fused-ring (bicyclic) bond motifs is 3. The van der Waals surface area contributed by atoms with Crippen LogP contribution in [0.15, 0.2) is 53.4 Å². The Morgan fingerprint density at radius 3 is 2.10 bits per heavy atom. The summed E-state index contributed by atoms with van der Waals surface area (Å²) in [6, 6.07) is 10.5. The molecule has 0 saturated heterocycles. The van der Waals surface area contributed by atoms with Crippen LogP contribution in [0.2, 0.25) is 0 Å². The lowest BCUT2D eigenvalue weighted by Crippen LogP contribution is -2.07. The third-order valence-corrected chi connectivity index (χ3v) is 5.86. The minimum absolute atomic E-state index is 0.0133. The van der Waals surface area contributed by atoms with Crippen LogP contribution in [0.4, 0.5) is 17.6 Å². The van der Waals surface area contributed by atoms with Gasteiger partial charge in [-0.05, 0) is 42.5 Å². The minimum Gasteiger partial charge on any atom is -0.494 e. The zero-order valence-corrected chi connectivity index (χ0v) is 16.5. The average molecular weight is 438 g/mol. The van der Waals surface area contributed by atoms with Gasteiger partial charge in [-0.2, -0.15) is 18.3 Å². The van der Waals surface area contributed by atoms with Gasteiger partial charge < -0.3 is 4.74 Å². The Kier molecular flexibility index (Phi) is 4.50. The molecule has 5 nitrogen and oxygen atoms in total. The Morgan fingerprint density at radius 1 is 0.933 bits per heavy atom. The van der Waals surface area contributed by atoms with E-state index >= 15 is 0 Å². The van der Waals surface area contributed by atoms with E-state index in [1.165, 1.54) is 49.6 Å². The topological polar surface area (TPSA) is 61.2 Å². The summed E-state index contributed by atoms with van der Waals surface area (Å²) in [7, 11) is -2.19. The van der Waals surface area contributed by atoms with E-state index in [0.29, 0.717) is 0 Å². The average Bonchev–Trinajstić information content (AvgIpc) is 3.08. The summed E-state index contributed by atoms with van der Waals surface area (Å²) in [5, 5.41) is 3.81. The summed E-state index contributed by atoms with van der Waals surface area (Å²) in [5.74, 6) is -0.743. The zero-order chi connectivity index (χ0) is 21.8. The first-order valence-electron chi connectivity index (χ1n) is 8.58. The molecule has 0 unspecified atom stereocenters. The number of hydrogen-bond acceptors (Lipinski definition) is 4. The number of halogens is 4. The molecule has 0 aliphatic carbocycles. The predicted octanol–water partition coefficient (Wildman–Crippen LogP) is 4.75. The number of sulfone groups is 1. The molecule has 0 atom stereocenters. The molecule has 0 spiro atoms. The molecule has 30 heavy (non-hydrogen) atoms. The van der Waals surface area contributed by atoms with Crippen molar-refractivity contribution in [3.63, 3.8) is 0 Å². The van der Waals surface area contributed by atoms with Gasteiger partial charge in [-0.15, -0.1) is 0 Å². The van der Waals surface area contributed by atoms with Gasteiger partial charge in [0, 0.05) is 22.4 Å². The summed E-state index contributed by atoms with van der Waals surface area (Å²) in [4.78, 5) is 0.0133. The Balaban J connectivity index is 2.09. The van der Waals surface area contributed by atoms with E-state index in [4.69, 9.17) is 4.74 Å². The Morgan fingerprint density at radius 2 is 1.53 bits per heavy atom. The molecule has 0 amide bonds. The second-order valence-corrected chi connectivity index (χ2v) is 8.68. The molecule has 0 fully saturated rings. The molecule has 0 saturated carbocycles. The molecule has 0 aliphatic rings. The van der Waals surface area contributed by atoms with Crippen molar-refractivity contribution in [2.75, 3.05) is 13.4 Å². The number of benzene rings is 3. The van der Waals surface area contributed by atoms with Gasteiger partial charge in [-0.3, -0.25) is 0 Å². The quantitative estimate of drug-likeness (QED) is 0.433. The van der Waals surface area contributed by atoms with Gasteiger partial charge >= 0.3 is 6.18 Å². The Labute approximate surface area is 168 Å². The highest BCUT2D eigenvalue weighted by Gasteiger charge is 2.37. The second-order valence-electron chi connectivity index (χ2n) is 6.66. The van der Waals surface area contributed by atoms with Gasteiger partial charge in [-0.25, -0.2) is 17.5 Å². The van der Waals surface area contributed by atoms with Gasteiger partial charge in [0.2, 0.25) is 0 Å². The lowest BCUT2D eigenvalue weighted by Gasteiger charge is -2.09. The van der Waals surface area contributed by atoms with Crippen LogP contribution in [0.5, 0.6) is 5.75 Å². The van der Waals surface area contributed by atoms with Gasteiger partial charge in [0.15, 0.2) is 27.1 Å². The van der Waals surface area contributed by atoms with Crippen molar-refractivity contribution in [3.8, 4) is 11.4 Å². The molecule has 4 aromatic rings. The molecule has 0 N–H and O–H groups in total. The smallest absolute Gasteiger partial charge is 0.435 e. The lowest BCUT2D eigenvalue weighted by atomic mass is 10.0. The standard InChI is InChI=1S/C20H14F4N2O3S/c1-29-16-10-9-14-13(17(16)21)7-8-15-18(14)26(25-19(15)20(22,23)24)11-3-5-12(6-4-11)30(2,27)28/h3-10H,1-2H3. The molecule has 4 rings (SSSR count). The number of hydrogen-bond donors (Lipinski definition) is 0. The predicted molar refractivity (Wildman–Crippen MR) is 103 cm³/mol. The van der Waals surface area contributed by atoms with Gasteiger partial charge in [0.1, 0.15) is 0 Å². The van der Waals surface area contributed by atoms with Crippen LogP contribution in [0, 0.1) is 5.82 Å². The van der Waals surface area contributed by atoms with E-state index < -0.39 is 27.5 Å². The van der Waals surface area contributed by atoms with Crippen LogP contribution in [-0.2, 0) is 16.0 Å². The number of methoxy groups -OCH3 is 1. The molecule has 1 aromatic heterocycles. The molecule has 0 bridgehead atoms. The third kappa shape index (κ3) is 3.17. The minimum atomic E-state index is -4.74. The fourth-order valence-electron chi connectivity index (χ4n) is 3.34. The summed E-state index contributed by atoms with van der Waals surface area (Å²) >= 11 is 0. The first-order valence-corrected chi connectivity index (χ1v) is 10.5. The maximum Gasteiger partial charge on any atom is 0.435 e. The van der Waals surface area contributed by atoms with Crippen molar-refractivity contribution in [1.82, 2.24) is 9.78 Å². The molecular formula is C20H14F4N2O3S. The summed E-state index contributed by atoms with van der Waals surface area (Å²) in [5.41, 5.74) is -0.872. The zero-order valence-electron chi connectivity index (χ0n) is 15.7. The van der Waals surface area contributed by atoms with Crippen LogP contribution < -0.4 is 4.74 Å². The summed E-state index contributed by atoms with van der Waals surface area (Å²) < 4.78 is 84.9. The van der Waals surface area contributed by atoms with Crippen molar-refractivity contribution in [2.24, 2.45) is 0 Å². The first kappa shape index (κ1) is 20.1. The number of alkyl halides is 3. The van der Waals surface area contributed by atoms with Crippen molar-refractivity contribution in [2.45, 2.75) is 11.1 Å². The fraction of sp³-hybridized carbons (Fsp3) is 0.150. The summed E-state index contributed by atoms with van der Waals surface area (Å²) in [6.45, 7) is 0. The van der Waals surface area contributed by atoms with Crippen molar-refractivity contribution in [3.05, 3.63) is 60.0 Å². The number of ether oxygens (including phenoxy) is 1. The molecule has 0 aliphatic heterocycles. The van der Waals surface area contributed by atoms with E-state index in [-0.39, 0.29) is 38.0 Å². The van der Waals surface area contributed by atoms with Crippen LogP contribution >= 0.6 is 0 Å². The monoisotopic (exact) mass is 438 g/mol. The maximum atomic E-state index is 14.7. The SMILES string of the molecule is COc1ccc2c(ccc3c(C(F)(F)F)nn(-c4ccc(S(C)(=O)=O)cc4)c32)c1F. The summed E-state index contributed by atoms with van der Waals surface area (Å²) in [6.07, 6.45) is -3.72. The molecule has 156 valence electrons. The van der Waals surface area contributed by atoms with E-state index in [2.05, 4.69) is 5.10 Å². The largest absolute Gasteiger partial charge is 0.494 e. The van der Waals surface area contributed by atoms with E-state index in [1.54, 1.807) is 0 Å². The molecule has 3 aromatic carbocycles. The highest BCUT2D eigenvalue weighted by Crippen LogP contribution is 2.39.